The lowest BCUT2D eigenvalue weighted by Gasteiger charge is -2.28. The summed E-state index contributed by atoms with van der Waals surface area (Å²) < 4.78 is 33.7. The number of aryl methyl sites for hydroxylation is 1. The van der Waals surface area contributed by atoms with Gasteiger partial charge in [0.15, 0.2) is 0 Å². The van der Waals surface area contributed by atoms with Crippen molar-refractivity contribution in [1.29, 1.82) is 0 Å². The molecule has 3 aromatic rings. The van der Waals surface area contributed by atoms with E-state index in [0.717, 1.165) is 23.6 Å². The van der Waals surface area contributed by atoms with E-state index in [1.807, 2.05) is 0 Å². The van der Waals surface area contributed by atoms with Gasteiger partial charge in [0, 0.05) is 13.1 Å². The van der Waals surface area contributed by atoms with Crippen molar-refractivity contribution in [1.82, 2.24) is 4.90 Å². The molecule has 0 atom stereocenters. The highest BCUT2D eigenvalue weighted by Crippen LogP contribution is 2.28. The van der Waals surface area contributed by atoms with Crippen molar-refractivity contribution in [3.8, 4) is 5.75 Å². The first-order valence-electron chi connectivity index (χ1n) is 12.2. The summed E-state index contributed by atoms with van der Waals surface area (Å²) >= 11 is 0. The van der Waals surface area contributed by atoms with Crippen LogP contribution in [0, 0.1) is 6.92 Å². The van der Waals surface area contributed by atoms with E-state index >= 15 is 0 Å². The Kier molecular flexibility index (Phi) is 8.13. The van der Waals surface area contributed by atoms with Crippen LogP contribution in [0.2, 0.25) is 0 Å². The van der Waals surface area contributed by atoms with Crippen molar-refractivity contribution < 1.29 is 22.7 Å². The van der Waals surface area contributed by atoms with E-state index in [1.54, 1.807) is 72.5 Å². The second-order valence-electron chi connectivity index (χ2n) is 8.93. The molecule has 194 valence electrons. The van der Waals surface area contributed by atoms with E-state index in [-0.39, 0.29) is 10.8 Å². The number of para-hydroxylation sites is 2. The Balaban J connectivity index is 1.61. The molecular formula is C28H31N3O5S. The van der Waals surface area contributed by atoms with Crippen LogP contribution in [-0.2, 0) is 14.8 Å². The molecule has 1 heterocycles. The lowest BCUT2D eigenvalue weighted by atomic mass is 10.1. The number of piperidine rings is 1. The van der Waals surface area contributed by atoms with Crippen LogP contribution in [0.5, 0.6) is 5.75 Å². The monoisotopic (exact) mass is 521 g/mol. The van der Waals surface area contributed by atoms with Gasteiger partial charge in [-0.05, 0) is 74.2 Å². The molecule has 0 aromatic heterocycles. The van der Waals surface area contributed by atoms with Gasteiger partial charge < -0.3 is 15.0 Å². The number of methoxy groups -OCH3 is 1. The minimum atomic E-state index is -4.09. The molecule has 2 amide bonds. The third-order valence-electron chi connectivity index (χ3n) is 6.36. The first-order chi connectivity index (χ1) is 17.8. The standard InChI is InChI=1S/C28H31N3O5S/c1-21-19-23(15-16-26(21)36-2)37(34,35)31(22-11-5-3-6-12-22)20-27(32)29-25-14-8-7-13-24(25)28(33)30-17-9-4-10-18-30/h3,5-8,11-16,19H,4,9-10,17-18,20H2,1-2H3,(H,29,32). The van der Waals surface area contributed by atoms with Gasteiger partial charge in [-0.1, -0.05) is 30.3 Å². The van der Waals surface area contributed by atoms with Crippen LogP contribution in [0.4, 0.5) is 11.4 Å². The van der Waals surface area contributed by atoms with Crippen LogP contribution < -0.4 is 14.4 Å². The second-order valence-corrected chi connectivity index (χ2v) is 10.8. The van der Waals surface area contributed by atoms with Crippen LogP contribution >= 0.6 is 0 Å². The number of hydrogen-bond donors (Lipinski definition) is 1. The molecule has 4 rings (SSSR count). The van der Waals surface area contributed by atoms with Crippen molar-refractivity contribution in [3.63, 3.8) is 0 Å². The van der Waals surface area contributed by atoms with E-state index in [0.29, 0.717) is 41.3 Å². The normalized spacial score (nSPS) is 13.6. The van der Waals surface area contributed by atoms with Crippen LogP contribution in [0.15, 0.2) is 77.7 Å². The van der Waals surface area contributed by atoms with Crippen molar-refractivity contribution >= 4 is 33.2 Å². The first kappa shape index (κ1) is 26.2. The average molecular weight is 522 g/mol. The number of nitrogens with one attached hydrogen (secondary N) is 1. The minimum Gasteiger partial charge on any atom is -0.496 e. The molecule has 0 aliphatic carbocycles. The molecule has 1 fully saturated rings. The highest BCUT2D eigenvalue weighted by molar-refractivity contribution is 7.92. The zero-order valence-corrected chi connectivity index (χ0v) is 21.8. The Labute approximate surface area is 217 Å². The maximum Gasteiger partial charge on any atom is 0.264 e. The van der Waals surface area contributed by atoms with Crippen LogP contribution in [0.3, 0.4) is 0 Å². The fourth-order valence-electron chi connectivity index (χ4n) is 4.41. The van der Waals surface area contributed by atoms with Gasteiger partial charge in [-0.25, -0.2) is 8.42 Å². The summed E-state index contributed by atoms with van der Waals surface area (Å²) in [5.41, 5.74) is 1.75. The van der Waals surface area contributed by atoms with Gasteiger partial charge >= 0.3 is 0 Å². The molecule has 0 unspecified atom stereocenters. The topological polar surface area (TPSA) is 96.0 Å². The minimum absolute atomic E-state index is 0.0446. The maximum absolute atomic E-state index is 13.7. The number of likely N-dealkylation sites (tertiary alicyclic amines) is 1. The molecule has 9 heteroatoms. The summed E-state index contributed by atoms with van der Waals surface area (Å²) in [6.07, 6.45) is 3.00. The molecule has 1 aliphatic rings. The molecule has 8 nitrogen and oxygen atoms in total. The highest BCUT2D eigenvalue weighted by Gasteiger charge is 2.28. The number of hydrogen-bond acceptors (Lipinski definition) is 5. The van der Waals surface area contributed by atoms with Crippen LogP contribution in [0.25, 0.3) is 0 Å². The second kappa shape index (κ2) is 11.5. The number of nitrogens with zero attached hydrogens (tertiary/aromatic N) is 2. The number of ether oxygens (including phenoxy) is 1. The van der Waals surface area contributed by atoms with Gasteiger partial charge in [-0.15, -0.1) is 0 Å². The lowest BCUT2D eigenvalue weighted by Crippen LogP contribution is -2.39. The molecule has 1 aliphatic heterocycles. The molecule has 0 bridgehead atoms. The maximum atomic E-state index is 13.7. The number of carbonyl (C=O) groups excluding carboxylic acids is 2. The van der Waals surface area contributed by atoms with E-state index in [2.05, 4.69) is 5.32 Å². The molecule has 0 spiro atoms. The number of carbonyl (C=O) groups is 2. The SMILES string of the molecule is COc1ccc(S(=O)(=O)N(CC(=O)Nc2ccccc2C(=O)N2CCCCC2)c2ccccc2)cc1C. The van der Waals surface area contributed by atoms with Gasteiger partial charge in [0.25, 0.3) is 15.9 Å². The van der Waals surface area contributed by atoms with Gasteiger partial charge in [-0.2, -0.15) is 0 Å². The van der Waals surface area contributed by atoms with Crippen LogP contribution in [0.1, 0.15) is 35.2 Å². The predicted octanol–water partition coefficient (Wildman–Crippen LogP) is 4.46. The quantitative estimate of drug-likeness (QED) is 0.472. The number of sulfonamides is 1. The summed E-state index contributed by atoms with van der Waals surface area (Å²) in [5, 5.41) is 2.77. The number of benzene rings is 3. The van der Waals surface area contributed by atoms with Crippen molar-refractivity contribution in [2.45, 2.75) is 31.1 Å². The van der Waals surface area contributed by atoms with Gasteiger partial charge in [0.1, 0.15) is 12.3 Å². The van der Waals surface area contributed by atoms with Crippen molar-refractivity contribution in [2.24, 2.45) is 0 Å². The summed E-state index contributed by atoms with van der Waals surface area (Å²) in [6.45, 7) is 2.65. The number of anilines is 2. The fourth-order valence-corrected chi connectivity index (χ4v) is 5.92. The van der Waals surface area contributed by atoms with Gasteiger partial charge in [0.2, 0.25) is 5.91 Å². The van der Waals surface area contributed by atoms with E-state index in [1.165, 1.54) is 19.2 Å². The molecule has 0 radical (unpaired) electrons. The summed E-state index contributed by atoms with van der Waals surface area (Å²) in [4.78, 5) is 28.2. The highest BCUT2D eigenvalue weighted by atomic mass is 32.2. The van der Waals surface area contributed by atoms with Gasteiger partial charge in [0.05, 0.1) is 28.9 Å². The average Bonchev–Trinajstić information content (AvgIpc) is 2.92. The molecule has 37 heavy (non-hydrogen) atoms. The zero-order chi connectivity index (χ0) is 26.4. The van der Waals surface area contributed by atoms with E-state index in [9.17, 15) is 18.0 Å². The summed E-state index contributed by atoms with van der Waals surface area (Å²) in [5.74, 6) is -0.133. The zero-order valence-electron chi connectivity index (χ0n) is 21.0. The van der Waals surface area contributed by atoms with E-state index in [4.69, 9.17) is 4.74 Å². The fraction of sp³-hybridized carbons (Fsp3) is 0.286. The third kappa shape index (κ3) is 5.94. The predicted molar refractivity (Wildman–Crippen MR) is 144 cm³/mol. The lowest BCUT2D eigenvalue weighted by molar-refractivity contribution is -0.114. The molecule has 3 aromatic carbocycles. The van der Waals surface area contributed by atoms with Crippen molar-refractivity contribution in [3.05, 3.63) is 83.9 Å². The Morgan fingerprint density at radius 2 is 1.62 bits per heavy atom. The Morgan fingerprint density at radius 3 is 2.30 bits per heavy atom. The number of rotatable bonds is 8. The summed E-state index contributed by atoms with van der Waals surface area (Å²) in [6, 6.07) is 19.8. The smallest absolute Gasteiger partial charge is 0.264 e. The van der Waals surface area contributed by atoms with Gasteiger partial charge in [-0.3, -0.25) is 13.9 Å². The molecule has 1 N–H and O–H groups in total. The first-order valence-corrected chi connectivity index (χ1v) is 13.7. The third-order valence-corrected chi connectivity index (χ3v) is 8.13. The Bertz CT molecular complexity index is 1370. The molecule has 0 saturated carbocycles. The molecular weight excluding hydrogens is 490 g/mol. The Hall–Kier alpha value is -3.85. The molecule has 1 saturated heterocycles. The van der Waals surface area contributed by atoms with E-state index < -0.39 is 22.5 Å². The Morgan fingerprint density at radius 1 is 0.946 bits per heavy atom. The van der Waals surface area contributed by atoms with Crippen molar-refractivity contribution in [2.75, 3.05) is 36.4 Å². The number of amides is 2. The summed E-state index contributed by atoms with van der Waals surface area (Å²) in [7, 11) is -2.57. The van der Waals surface area contributed by atoms with Crippen LogP contribution in [-0.4, -0.2) is 51.9 Å². The largest absolute Gasteiger partial charge is 0.496 e.